The fourth-order valence-corrected chi connectivity index (χ4v) is 0. The van der Waals surface area contributed by atoms with Gasteiger partial charge in [0, 0.05) is 38.8 Å². The average molecular weight is 160 g/mol. The second kappa shape index (κ2) is 17.7. The van der Waals surface area contributed by atoms with Crippen LogP contribution in [0.15, 0.2) is 0 Å². The quantitative estimate of drug-likeness (QED) is 0.384. The molecule has 0 aliphatic rings. The summed E-state index contributed by atoms with van der Waals surface area (Å²) in [6.45, 7) is 0. The summed E-state index contributed by atoms with van der Waals surface area (Å²) in [5, 5.41) is 0. The van der Waals surface area contributed by atoms with E-state index < -0.39 is 0 Å². The van der Waals surface area contributed by atoms with Crippen molar-refractivity contribution in [2.45, 2.75) is 0 Å². The zero-order valence-corrected chi connectivity index (χ0v) is 5.64. The average Bonchev–Trinajstić information content (AvgIpc) is 0. The molecule has 4 heavy (non-hydrogen) atoms. The van der Waals surface area contributed by atoms with E-state index in [4.69, 9.17) is 0 Å². The fourth-order valence-electron chi connectivity index (χ4n) is 0. The molecule has 22 valence electrons. The topological polar surface area (TPSA) is 0 Å². The molecule has 0 aliphatic heterocycles. The van der Waals surface area contributed by atoms with Crippen molar-refractivity contribution in [1.29, 1.82) is 0 Å². The van der Waals surface area contributed by atoms with Crippen LogP contribution in [0, 0.1) is 0 Å². The van der Waals surface area contributed by atoms with E-state index in [1.807, 2.05) is 0 Å². The Labute approximate surface area is 81.1 Å². The van der Waals surface area contributed by atoms with E-state index in [0.29, 0.717) is 0 Å². The molecule has 0 N–H and O–H groups in total. The molecule has 0 aromatic carbocycles. The third kappa shape index (κ3) is 8.82. The maximum atomic E-state index is 0. The summed E-state index contributed by atoms with van der Waals surface area (Å²) in [5.74, 6) is 0. The van der Waals surface area contributed by atoms with Gasteiger partial charge in [0.25, 0.3) is 0 Å². The summed E-state index contributed by atoms with van der Waals surface area (Å²) in [6.07, 6.45) is 0. The molecule has 0 aromatic heterocycles. The predicted molar refractivity (Wildman–Crippen MR) is 17.9 cm³/mol. The van der Waals surface area contributed by atoms with E-state index in [0.717, 1.165) is 0 Å². The van der Waals surface area contributed by atoms with Crippen LogP contribution in [-0.2, 0) is 38.8 Å². The Morgan fingerprint density at radius 1 is 1.25 bits per heavy atom. The fraction of sp³-hybridized carbons (Fsp3) is 0. The molecule has 0 saturated carbocycles. The Balaban J connectivity index is 0. The first-order chi connectivity index (χ1) is 0. The van der Waals surface area contributed by atoms with E-state index >= 15 is 0 Å². The first-order valence-corrected chi connectivity index (χ1v) is 0. The second-order valence-electron chi connectivity index (χ2n) is 0. The van der Waals surface area contributed by atoms with Crippen LogP contribution < -0.4 is 0 Å². The van der Waals surface area contributed by atoms with Gasteiger partial charge in [0.2, 0.25) is 0 Å². The minimum Gasteiger partial charge on any atom is -1.00 e. The van der Waals surface area contributed by atoms with E-state index in [-0.39, 0.29) is 82.1 Å². The van der Waals surface area contributed by atoms with Crippen LogP contribution in [0.3, 0.4) is 0 Å². The predicted octanol–water partition coefficient (Wildman–Crippen LogP) is -1.34. The third-order valence-electron chi connectivity index (χ3n) is 0. The molecule has 0 radical (unpaired) electrons. The normalized spacial score (nSPS) is 0. The zero-order valence-electron chi connectivity index (χ0n) is 3.56. The van der Waals surface area contributed by atoms with Crippen LogP contribution in [0.4, 0.5) is 0 Å². The summed E-state index contributed by atoms with van der Waals surface area (Å²) >= 11 is 0. The van der Waals surface area contributed by atoms with Crippen LogP contribution in [0.5, 0.6) is 0 Å². The molecule has 0 spiro atoms. The van der Waals surface area contributed by atoms with Crippen molar-refractivity contribution >= 4 is 40.4 Å². The maximum Gasteiger partial charge on any atom is 2.00 e. The Hall–Kier alpha value is 2.53. The summed E-state index contributed by atoms with van der Waals surface area (Å²) in [4.78, 5) is 0. The Morgan fingerprint density at radius 2 is 1.25 bits per heavy atom. The SMILES string of the molecule is [AlH3].[Fe].[H-].[H-].[Mg+2].[Ti]. The molecular weight excluding hydrogens is 155 g/mol. The van der Waals surface area contributed by atoms with E-state index in [9.17, 15) is 0 Å². The molecule has 0 unspecified atom stereocenters. The summed E-state index contributed by atoms with van der Waals surface area (Å²) in [5.41, 5.74) is 0. The van der Waals surface area contributed by atoms with Gasteiger partial charge in [0.05, 0.1) is 0 Å². The molecular formula is H5AlFeMgTi. The smallest absolute Gasteiger partial charge is 1.00 e. The van der Waals surface area contributed by atoms with Crippen molar-refractivity contribution in [3.8, 4) is 0 Å². The van der Waals surface area contributed by atoms with Crippen molar-refractivity contribution < 1.29 is 41.6 Å². The third-order valence-corrected chi connectivity index (χ3v) is 0. The van der Waals surface area contributed by atoms with Crippen LogP contribution in [-0.4, -0.2) is 40.4 Å². The van der Waals surface area contributed by atoms with Crippen LogP contribution in [0.2, 0.25) is 0 Å². The summed E-state index contributed by atoms with van der Waals surface area (Å²) < 4.78 is 0. The van der Waals surface area contributed by atoms with E-state index in [1.54, 1.807) is 0 Å². The Kier molecular flexibility index (Phi) is 138. The van der Waals surface area contributed by atoms with Crippen molar-refractivity contribution in [3.05, 3.63) is 0 Å². The van der Waals surface area contributed by atoms with E-state index in [2.05, 4.69) is 0 Å². The van der Waals surface area contributed by atoms with Crippen molar-refractivity contribution in [3.63, 3.8) is 0 Å². The Morgan fingerprint density at radius 3 is 1.25 bits per heavy atom. The molecule has 0 rings (SSSR count). The molecule has 0 atom stereocenters. The number of hydrogen-bond donors (Lipinski definition) is 0. The van der Waals surface area contributed by atoms with Crippen molar-refractivity contribution in [2.75, 3.05) is 0 Å². The minimum absolute atomic E-state index is 0. The van der Waals surface area contributed by atoms with Gasteiger partial charge >= 0.3 is 23.1 Å². The van der Waals surface area contributed by atoms with Crippen molar-refractivity contribution in [2.24, 2.45) is 0 Å². The van der Waals surface area contributed by atoms with Gasteiger partial charge in [-0.1, -0.05) is 0 Å². The zero-order chi connectivity index (χ0) is 0. The molecule has 0 aromatic rings. The first kappa shape index (κ1) is 31.2. The molecule has 0 saturated heterocycles. The van der Waals surface area contributed by atoms with Crippen LogP contribution in [0.25, 0.3) is 0 Å². The largest absolute Gasteiger partial charge is 2.00 e. The monoisotopic (exact) mass is 160 g/mol. The minimum atomic E-state index is 0. The van der Waals surface area contributed by atoms with Gasteiger partial charge in [-0.15, -0.1) is 0 Å². The Bertz CT molecular complexity index is 13.5. The van der Waals surface area contributed by atoms with Gasteiger partial charge in [-0.05, 0) is 0 Å². The molecule has 0 amide bonds. The molecule has 4 heteroatoms. The van der Waals surface area contributed by atoms with E-state index in [1.165, 1.54) is 0 Å². The van der Waals surface area contributed by atoms with Crippen molar-refractivity contribution in [1.82, 2.24) is 0 Å². The van der Waals surface area contributed by atoms with Gasteiger partial charge in [-0.3, -0.25) is 0 Å². The summed E-state index contributed by atoms with van der Waals surface area (Å²) in [7, 11) is 0. The molecule has 0 nitrogen and oxygen atoms in total. The van der Waals surface area contributed by atoms with Crippen LogP contribution in [0.1, 0.15) is 2.85 Å². The standard InChI is InChI=1S/Al.Fe.Mg.Ti.5H/q;;+2;;;;;2*-1. The van der Waals surface area contributed by atoms with Gasteiger partial charge in [0.1, 0.15) is 0 Å². The van der Waals surface area contributed by atoms with Crippen LogP contribution >= 0.6 is 0 Å². The first-order valence-electron chi connectivity index (χ1n) is 0. The van der Waals surface area contributed by atoms with Gasteiger partial charge in [0.15, 0.2) is 17.4 Å². The number of hydrogen-bond acceptors (Lipinski definition) is 0. The van der Waals surface area contributed by atoms with Gasteiger partial charge in [-0.25, -0.2) is 0 Å². The second-order valence-corrected chi connectivity index (χ2v) is 0. The van der Waals surface area contributed by atoms with Gasteiger partial charge in [-0.2, -0.15) is 0 Å². The van der Waals surface area contributed by atoms with Gasteiger partial charge < -0.3 is 2.85 Å². The molecule has 0 fully saturated rings. The molecule has 0 heterocycles. The molecule has 0 bridgehead atoms. The molecule has 0 aliphatic carbocycles. The number of rotatable bonds is 0. The summed E-state index contributed by atoms with van der Waals surface area (Å²) in [6, 6.07) is 0. The maximum absolute atomic E-state index is 0.